The lowest BCUT2D eigenvalue weighted by atomic mass is 9.96. The molecule has 6 heteroatoms. The highest BCUT2D eigenvalue weighted by atomic mass is 35.5. The molecule has 1 atom stereocenters. The molecule has 0 saturated heterocycles. The van der Waals surface area contributed by atoms with Crippen molar-refractivity contribution in [3.05, 3.63) is 29.8 Å². The fourth-order valence-corrected chi connectivity index (χ4v) is 1.95. The van der Waals surface area contributed by atoms with Crippen LogP contribution in [0.4, 0.5) is 5.69 Å². The lowest BCUT2D eigenvalue weighted by molar-refractivity contribution is -0.128. The zero-order valence-corrected chi connectivity index (χ0v) is 14.5. The molecule has 0 bridgehead atoms. The molecule has 1 unspecified atom stereocenters. The first kappa shape index (κ1) is 20.4. The van der Waals surface area contributed by atoms with Crippen LogP contribution in [0.2, 0.25) is 0 Å². The Morgan fingerprint density at radius 3 is 2.23 bits per heavy atom. The second-order valence-electron chi connectivity index (χ2n) is 5.78. The van der Waals surface area contributed by atoms with Gasteiger partial charge in [-0.15, -0.1) is 12.4 Å². The number of nitrogens with one attached hydrogen (secondary N) is 1. The maximum Gasteiger partial charge on any atom is 0.244 e. The molecule has 124 valence electrons. The van der Waals surface area contributed by atoms with Gasteiger partial charge in [0, 0.05) is 19.8 Å². The number of carbonyl (C=O) groups excluding carboxylic acids is 2. The van der Waals surface area contributed by atoms with Crippen molar-refractivity contribution in [2.24, 2.45) is 5.73 Å². The first-order chi connectivity index (χ1) is 9.76. The molecule has 5 nitrogen and oxygen atoms in total. The lowest BCUT2D eigenvalue weighted by Gasteiger charge is -2.22. The van der Waals surface area contributed by atoms with Crippen LogP contribution in [0.5, 0.6) is 0 Å². The van der Waals surface area contributed by atoms with Crippen LogP contribution < -0.4 is 11.1 Å². The second-order valence-corrected chi connectivity index (χ2v) is 5.78. The minimum absolute atomic E-state index is 0. The largest absolute Gasteiger partial charge is 0.349 e. The number of amides is 2. The predicted octanol–water partition coefficient (Wildman–Crippen LogP) is 2.20. The Kier molecular flexibility index (Phi) is 8.12. The summed E-state index contributed by atoms with van der Waals surface area (Å²) < 4.78 is 0. The number of nitrogens with zero attached hydrogens (tertiary/aromatic N) is 1. The van der Waals surface area contributed by atoms with Gasteiger partial charge in [0.2, 0.25) is 11.8 Å². The SMILES string of the molecule is CCCC(C)(N)C(=O)Nc1ccc(CC(=O)N(C)C)cc1.Cl. The van der Waals surface area contributed by atoms with Crippen LogP contribution >= 0.6 is 12.4 Å². The van der Waals surface area contributed by atoms with Crippen LogP contribution in [0.3, 0.4) is 0 Å². The van der Waals surface area contributed by atoms with Crippen molar-refractivity contribution in [1.82, 2.24) is 4.90 Å². The van der Waals surface area contributed by atoms with Gasteiger partial charge in [-0.1, -0.05) is 25.5 Å². The summed E-state index contributed by atoms with van der Waals surface area (Å²) in [7, 11) is 3.46. The van der Waals surface area contributed by atoms with Gasteiger partial charge in [-0.2, -0.15) is 0 Å². The van der Waals surface area contributed by atoms with Crippen LogP contribution in [0.1, 0.15) is 32.3 Å². The van der Waals surface area contributed by atoms with Crippen molar-refractivity contribution in [2.75, 3.05) is 19.4 Å². The molecule has 0 fully saturated rings. The van der Waals surface area contributed by atoms with Gasteiger partial charge in [0.1, 0.15) is 0 Å². The highest BCUT2D eigenvalue weighted by Crippen LogP contribution is 2.15. The van der Waals surface area contributed by atoms with Crippen molar-refractivity contribution in [1.29, 1.82) is 0 Å². The molecule has 0 radical (unpaired) electrons. The number of anilines is 1. The van der Waals surface area contributed by atoms with Crippen molar-refractivity contribution < 1.29 is 9.59 Å². The molecular formula is C16H26ClN3O2. The van der Waals surface area contributed by atoms with E-state index in [0.717, 1.165) is 12.0 Å². The molecule has 0 aliphatic heterocycles. The molecule has 2 amide bonds. The van der Waals surface area contributed by atoms with E-state index in [4.69, 9.17) is 5.73 Å². The molecule has 3 N–H and O–H groups in total. The maximum atomic E-state index is 12.1. The predicted molar refractivity (Wildman–Crippen MR) is 92.2 cm³/mol. The fraction of sp³-hybridized carbons (Fsp3) is 0.500. The van der Waals surface area contributed by atoms with Crippen molar-refractivity contribution in [2.45, 2.75) is 38.6 Å². The topological polar surface area (TPSA) is 75.4 Å². The Bertz CT molecular complexity index is 499. The van der Waals surface area contributed by atoms with E-state index in [1.165, 1.54) is 0 Å². The summed E-state index contributed by atoms with van der Waals surface area (Å²) in [6, 6.07) is 7.26. The summed E-state index contributed by atoms with van der Waals surface area (Å²) in [5, 5.41) is 2.81. The van der Waals surface area contributed by atoms with Gasteiger partial charge in [-0.05, 0) is 31.0 Å². The quantitative estimate of drug-likeness (QED) is 0.841. The first-order valence-corrected chi connectivity index (χ1v) is 7.15. The summed E-state index contributed by atoms with van der Waals surface area (Å²) in [6.07, 6.45) is 1.84. The monoisotopic (exact) mass is 327 g/mol. The van der Waals surface area contributed by atoms with E-state index < -0.39 is 5.54 Å². The normalized spacial score (nSPS) is 12.8. The van der Waals surface area contributed by atoms with Crippen LogP contribution in [-0.4, -0.2) is 36.3 Å². The van der Waals surface area contributed by atoms with Gasteiger partial charge in [0.25, 0.3) is 0 Å². The molecule has 0 aliphatic carbocycles. The molecule has 1 aromatic rings. The number of hydrogen-bond acceptors (Lipinski definition) is 3. The van der Waals surface area contributed by atoms with Gasteiger partial charge >= 0.3 is 0 Å². The van der Waals surface area contributed by atoms with E-state index in [1.54, 1.807) is 38.1 Å². The smallest absolute Gasteiger partial charge is 0.244 e. The van der Waals surface area contributed by atoms with Crippen LogP contribution in [0.25, 0.3) is 0 Å². The molecule has 0 spiro atoms. The Morgan fingerprint density at radius 2 is 1.77 bits per heavy atom. The minimum atomic E-state index is -0.867. The standard InChI is InChI=1S/C16H25N3O2.ClH/c1-5-10-16(2,17)15(21)18-13-8-6-12(7-9-13)11-14(20)19(3)4;/h6-9H,5,10-11,17H2,1-4H3,(H,18,21);1H. The Labute approximate surface area is 138 Å². The highest BCUT2D eigenvalue weighted by Gasteiger charge is 2.27. The van der Waals surface area contributed by atoms with Crippen LogP contribution in [-0.2, 0) is 16.0 Å². The van der Waals surface area contributed by atoms with E-state index in [0.29, 0.717) is 18.5 Å². The summed E-state index contributed by atoms with van der Waals surface area (Å²) >= 11 is 0. The summed E-state index contributed by atoms with van der Waals surface area (Å²) in [5.41, 5.74) is 6.72. The van der Waals surface area contributed by atoms with E-state index in [1.807, 2.05) is 19.1 Å². The molecule has 1 rings (SSSR count). The van der Waals surface area contributed by atoms with E-state index in [2.05, 4.69) is 5.32 Å². The number of hydrogen-bond donors (Lipinski definition) is 2. The van der Waals surface area contributed by atoms with E-state index in [-0.39, 0.29) is 24.2 Å². The van der Waals surface area contributed by atoms with E-state index in [9.17, 15) is 9.59 Å². The van der Waals surface area contributed by atoms with Crippen molar-refractivity contribution in [3.63, 3.8) is 0 Å². The van der Waals surface area contributed by atoms with Crippen LogP contribution in [0.15, 0.2) is 24.3 Å². The number of carbonyl (C=O) groups is 2. The number of halogens is 1. The maximum absolute atomic E-state index is 12.1. The first-order valence-electron chi connectivity index (χ1n) is 7.15. The molecule has 0 aromatic heterocycles. The molecular weight excluding hydrogens is 302 g/mol. The molecule has 22 heavy (non-hydrogen) atoms. The van der Waals surface area contributed by atoms with E-state index >= 15 is 0 Å². The number of rotatable bonds is 6. The highest BCUT2D eigenvalue weighted by molar-refractivity contribution is 5.97. The third kappa shape index (κ3) is 6.03. The molecule has 0 aliphatic rings. The summed E-state index contributed by atoms with van der Waals surface area (Å²) in [5.74, 6) is -0.147. The Balaban J connectivity index is 0.00000441. The average Bonchev–Trinajstić information content (AvgIpc) is 2.40. The summed E-state index contributed by atoms with van der Waals surface area (Å²) in [6.45, 7) is 3.73. The molecule has 1 aromatic carbocycles. The van der Waals surface area contributed by atoms with Gasteiger partial charge in [-0.3, -0.25) is 9.59 Å². The average molecular weight is 328 g/mol. The van der Waals surface area contributed by atoms with Crippen LogP contribution in [0, 0.1) is 0 Å². The minimum Gasteiger partial charge on any atom is -0.349 e. The zero-order valence-electron chi connectivity index (χ0n) is 13.7. The zero-order chi connectivity index (χ0) is 16.0. The third-order valence-electron chi connectivity index (χ3n) is 3.35. The van der Waals surface area contributed by atoms with Gasteiger partial charge in [-0.25, -0.2) is 0 Å². The number of nitrogens with two attached hydrogens (primary N) is 1. The van der Waals surface area contributed by atoms with Crippen molar-refractivity contribution in [3.8, 4) is 0 Å². The van der Waals surface area contributed by atoms with Crippen molar-refractivity contribution >= 4 is 29.9 Å². The Hall–Kier alpha value is -1.59. The van der Waals surface area contributed by atoms with Gasteiger partial charge in [0.05, 0.1) is 12.0 Å². The van der Waals surface area contributed by atoms with Gasteiger partial charge < -0.3 is 16.0 Å². The number of likely N-dealkylation sites (N-methyl/N-ethyl adjacent to an activating group) is 1. The number of benzene rings is 1. The second kappa shape index (κ2) is 8.76. The Morgan fingerprint density at radius 1 is 1.23 bits per heavy atom. The summed E-state index contributed by atoms with van der Waals surface area (Å²) in [4.78, 5) is 25.3. The van der Waals surface area contributed by atoms with Gasteiger partial charge in [0.15, 0.2) is 0 Å². The molecule has 0 saturated carbocycles. The molecule has 0 heterocycles. The lowest BCUT2D eigenvalue weighted by Crippen LogP contribution is -2.48. The fourth-order valence-electron chi connectivity index (χ4n) is 1.95. The third-order valence-corrected chi connectivity index (χ3v) is 3.35.